The minimum atomic E-state index is -4.66. The lowest BCUT2D eigenvalue weighted by molar-refractivity contribution is -0.114. The summed E-state index contributed by atoms with van der Waals surface area (Å²) in [6, 6.07) is 0. The molecule has 0 aliphatic carbocycles. The molecule has 0 aromatic carbocycles. The minimum absolute atomic E-state index is 0.0341. The first-order valence-corrected chi connectivity index (χ1v) is 13.9. The van der Waals surface area contributed by atoms with E-state index in [1.54, 1.807) is 38.3 Å². The number of hydrogen-bond donors (Lipinski definition) is 1. The van der Waals surface area contributed by atoms with E-state index in [1.807, 2.05) is 0 Å². The molecule has 18 heteroatoms. The van der Waals surface area contributed by atoms with Crippen molar-refractivity contribution in [3.8, 4) is 0 Å². The van der Waals surface area contributed by atoms with E-state index in [-0.39, 0.29) is 12.2 Å². The molecule has 3 atom stereocenters. The second-order valence-electron chi connectivity index (χ2n) is 9.35. The van der Waals surface area contributed by atoms with E-state index in [2.05, 4.69) is 21.5 Å². The van der Waals surface area contributed by atoms with Crippen molar-refractivity contribution in [3.63, 3.8) is 0 Å². The molecule has 1 saturated heterocycles. The van der Waals surface area contributed by atoms with Gasteiger partial charge in [0.2, 0.25) is 13.6 Å². The van der Waals surface area contributed by atoms with Gasteiger partial charge in [-0.2, -0.15) is 0 Å². The van der Waals surface area contributed by atoms with Crippen LogP contribution in [0.1, 0.15) is 40.3 Å². The Hall–Kier alpha value is -3.37. The number of halogens is 1. The predicted molar refractivity (Wildman–Crippen MR) is 138 cm³/mol. The summed E-state index contributed by atoms with van der Waals surface area (Å²) in [6.07, 6.45) is 0.217. The molecule has 41 heavy (non-hydrogen) atoms. The normalized spacial score (nSPS) is 20.9. The Balaban J connectivity index is 1.73. The third-order valence-corrected chi connectivity index (χ3v) is 6.77. The topological polar surface area (TPSA) is 195 Å². The van der Waals surface area contributed by atoms with Crippen LogP contribution in [0.5, 0.6) is 0 Å². The molecule has 1 aliphatic heterocycles. The van der Waals surface area contributed by atoms with E-state index in [1.165, 1.54) is 12.7 Å². The summed E-state index contributed by atoms with van der Waals surface area (Å²) in [5.41, 5.74) is 4.88. The molecule has 2 aromatic rings. The molecule has 2 aromatic heterocycles. The molecule has 0 bridgehead atoms. The Morgan fingerprint density at radius 1 is 1.15 bits per heavy atom. The number of phosphoric ester groups is 1. The lowest BCUT2D eigenvalue weighted by Gasteiger charge is -2.28. The zero-order chi connectivity index (χ0) is 30.2. The largest absolute Gasteiger partial charge is 0.510 e. The van der Waals surface area contributed by atoms with Crippen LogP contribution in [0.25, 0.3) is 11.2 Å². The van der Waals surface area contributed by atoms with Gasteiger partial charge >= 0.3 is 20.1 Å². The summed E-state index contributed by atoms with van der Waals surface area (Å²) in [6.45, 7) is 6.56. The number of nitrogens with zero attached hydrogens (tertiary/aromatic N) is 4. The second-order valence-corrected chi connectivity index (χ2v) is 11.0. The maximum Gasteiger partial charge on any atom is 0.510 e. The van der Waals surface area contributed by atoms with Gasteiger partial charge in [-0.05, 0) is 34.1 Å². The van der Waals surface area contributed by atoms with Crippen molar-refractivity contribution in [2.24, 2.45) is 5.92 Å². The molecule has 0 radical (unpaired) electrons. The van der Waals surface area contributed by atoms with Crippen molar-refractivity contribution in [3.05, 3.63) is 25.3 Å². The van der Waals surface area contributed by atoms with Crippen LogP contribution in [0.15, 0.2) is 25.3 Å². The first-order valence-electron chi connectivity index (χ1n) is 12.4. The highest BCUT2D eigenvalue weighted by Crippen LogP contribution is 2.52. The van der Waals surface area contributed by atoms with Gasteiger partial charge in [0, 0.05) is 5.92 Å². The number of fused-ring (bicyclic) bond motifs is 1. The quantitative estimate of drug-likeness (QED) is 0.140. The van der Waals surface area contributed by atoms with Gasteiger partial charge in [-0.25, -0.2) is 42.5 Å². The van der Waals surface area contributed by atoms with Gasteiger partial charge < -0.3 is 29.4 Å². The van der Waals surface area contributed by atoms with Crippen LogP contribution in [0, 0.1) is 5.92 Å². The van der Waals surface area contributed by atoms with Gasteiger partial charge in [0.1, 0.15) is 30.3 Å². The Morgan fingerprint density at radius 2 is 1.76 bits per heavy atom. The number of hydrogen-bond acceptors (Lipinski definition) is 15. The van der Waals surface area contributed by atoms with Crippen LogP contribution in [0.4, 0.5) is 19.8 Å². The van der Waals surface area contributed by atoms with Gasteiger partial charge in [0.25, 0.3) is 0 Å². The fourth-order valence-electron chi connectivity index (χ4n) is 3.70. The fourth-order valence-corrected chi connectivity index (χ4v) is 4.68. The summed E-state index contributed by atoms with van der Waals surface area (Å²) < 4.78 is 69.9. The summed E-state index contributed by atoms with van der Waals surface area (Å²) in [5.74, 6) is -0.316. The standard InChI is InChI=1S/C23H33FN5O11P/c1-6-16-7-23(8-24,40-20(16)29-11-28-17-18(25)26-10-27-19(17)29)9-35-41(32,36-12-33-21(30)38-14(2)3)37-13-34-22(31)39-15(4)5/h6,10-11,14-16,20H,1,7-9,12-13H2,2-5H3,(H2,25,26,27)/t16-,20+,23+/m0/s1. The van der Waals surface area contributed by atoms with E-state index in [0.717, 1.165) is 0 Å². The first kappa shape index (κ1) is 32.1. The molecule has 16 nitrogen and oxygen atoms in total. The highest BCUT2D eigenvalue weighted by atomic mass is 31.2. The van der Waals surface area contributed by atoms with Crippen LogP contribution in [0.2, 0.25) is 0 Å². The van der Waals surface area contributed by atoms with Gasteiger partial charge in [-0.1, -0.05) is 6.08 Å². The first-order chi connectivity index (χ1) is 19.4. The van der Waals surface area contributed by atoms with E-state index < -0.39 is 77.0 Å². The van der Waals surface area contributed by atoms with Crippen molar-refractivity contribution in [2.75, 3.05) is 32.6 Å². The Labute approximate surface area is 234 Å². The van der Waals surface area contributed by atoms with E-state index in [0.29, 0.717) is 11.2 Å². The van der Waals surface area contributed by atoms with Crippen LogP contribution < -0.4 is 5.73 Å². The van der Waals surface area contributed by atoms with Gasteiger partial charge in [-0.3, -0.25) is 9.09 Å². The lowest BCUT2D eigenvalue weighted by atomic mass is 9.95. The molecule has 0 amide bonds. The number of aromatic nitrogens is 4. The van der Waals surface area contributed by atoms with Crippen LogP contribution in [-0.4, -0.2) is 76.5 Å². The number of rotatable bonds is 14. The van der Waals surface area contributed by atoms with Crippen molar-refractivity contribution in [1.82, 2.24) is 19.5 Å². The predicted octanol–water partition coefficient (Wildman–Crippen LogP) is 4.03. The number of phosphoric acid groups is 1. The second kappa shape index (κ2) is 14.0. The number of carbonyl (C=O) groups excluding carboxylic acids is 2. The maximum atomic E-state index is 14.5. The third kappa shape index (κ3) is 8.56. The highest BCUT2D eigenvalue weighted by molar-refractivity contribution is 7.48. The maximum absolute atomic E-state index is 14.5. The van der Waals surface area contributed by atoms with Gasteiger partial charge in [0.15, 0.2) is 11.5 Å². The molecule has 3 heterocycles. The molecule has 0 saturated carbocycles. The third-order valence-electron chi connectivity index (χ3n) is 5.48. The number of anilines is 1. The molecule has 0 unspecified atom stereocenters. The molecule has 2 N–H and O–H groups in total. The van der Waals surface area contributed by atoms with Crippen molar-refractivity contribution in [2.45, 2.75) is 58.2 Å². The average Bonchev–Trinajstić information content (AvgIpc) is 3.49. The number of ether oxygens (including phenoxy) is 5. The van der Waals surface area contributed by atoms with Crippen molar-refractivity contribution < 1.29 is 55.8 Å². The number of imidazole rings is 1. The zero-order valence-electron chi connectivity index (χ0n) is 23.0. The fraction of sp³-hybridized carbons (Fsp3) is 0.609. The van der Waals surface area contributed by atoms with E-state index in [9.17, 15) is 18.5 Å². The highest BCUT2D eigenvalue weighted by Gasteiger charge is 2.49. The minimum Gasteiger partial charge on any atom is -0.432 e. The Morgan fingerprint density at radius 3 is 2.29 bits per heavy atom. The Bertz CT molecular complexity index is 1230. The Kier molecular flexibility index (Phi) is 11.0. The van der Waals surface area contributed by atoms with Crippen LogP contribution in [0.3, 0.4) is 0 Å². The van der Waals surface area contributed by atoms with Crippen LogP contribution in [-0.2, 0) is 41.8 Å². The lowest BCUT2D eigenvalue weighted by Crippen LogP contribution is -2.37. The summed E-state index contributed by atoms with van der Waals surface area (Å²) in [7, 11) is -4.66. The molecule has 1 fully saturated rings. The summed E-state index contributed by atoms with van der Waals surface area (Å²) in [5, 5.41) is 0. The molecule has 0 spiro atoms. The van der Waals surface area contributed by atoms with E-state index in [4.69, 9.17) is 43.0 Å². The van der Waals surface area contributed by atoms with Crippen molar-refractivity contribution >= 4 is 37.1 Å². The van der Waals surface area contributed by atoms with Crippen LogP contribution >= 0.6 is 7.82 Å². The molecular formula is C23H33FN5O11P. The average molecular weight is 606 g/mol. The van der Waals surface area contributed by atoms with Gasteiger partial charge in [0.05, 0.1) is 25.1 Å². The van der Waals surface area contributed by atoms with Gasteiger partial charge in [-0.15, -0.1) is 6.58 Å². The van der Waals surface area contributed by atoms with E-state index >= 15 is 0 Å². The summed E-state index contributed by atoms with van der Waals surface area (Å²) >= 11 is 0. The monoisotopic (exact) mass is 605 g/mol. The smallest absolute Gasteiger partial charge is 0.432 e. The number of nitrogen functional groups attached to an aromatic ring is 1. The number of nitrogens with two attached hydrogens (primary N) is 1. The molecule has 3 rings (SSSR count). The molecule has 228 valence electrons. The molecule has 1 aliphatic rings. The SMILES string of the molecule is C=C[C@H]1C[C@@](CF)(COP(=O)(OCOC(=O)OC(C)C)OCOC(=O)OC(C)C)O[C@H]1n1cnc2c(N)ncnc21. The zero-order valence-corrected chi connectivity index (χ0v) is 23.9. The molecular weight excluding hydrogens is 572 g/mol. The van der Waals surface area contributed by atoms with Crippen molar-refractivity contribution in [1.29, 1.82) is 0 Å². The number of carbonyl (C=O) groups is 2. The summed E-state index contributed by atoms with van der Waals surface area (Å²) in [4.78, 5) is 35.6. The number of alkyl halides is 1.